The van der Waals surface area contributed by atoms with E-state index >= 15 is 0 Å². The number of sulfonamides is 2. The van der Waals surface area contributed by atoms with Gasteiger partial charge < -0.3 is 4.74 Å². The molecule has 1 saturated heterocycles. The van der Waals surface area contributed by atoms with Crippen LogP contribution in [0.5, 0.6) is 0 Å². The van der Waals surface area contributed by atoms with Crippen molar-refractivity contribution in [2.75, 3.05) is 19.7 Å². The summed E-state index contributed by atoms with van der Waals surface area (Å²) >= 11 is 0. The maximum Gasteiger partial charge on any atom is 0.338 e. The third-order valence-corrected chi connectivity index (χ3v) is 8.55. The molecule has 9 nitrogen and oxygen atoms in total. The Morgan fingerprint density at radius 2 is 1.58 bits per heavy atom. The summed E-state index contributed by atoms with van der Waals surface area (Å²) in [7, 11) is -7.37. The Balaban J connectivity index is 1.64. The highest BCUT2D eigenvalue weighted by Crippen LogP contribution is 2.21. The minimum absolute atomic E-state index is 0.0125. The number of ether oxygens (including phenoxy) is 1. The molecule has 2 aromatic rings. The molecule has 2 aromatic carbocycles. The zero-order chi connectivity index (χ0) is 24.2. The lowest BCUT2D eigenvalue weighted by Crippen LogP contribution is -2.30. The van der Waals surface area contributed by atoms with Gasteiger partial charge in [-0.1, -0.05) is 6.07 Å². The van der Waals surface area contributed by atoms with E-state index < -0.39 is 38.4 Å². The zero-order valence-electron chi connectivity index (χ0n) is 18.4. The fourth-order valence-electron chi connectivity index (χ4n) is 3.36. The number of nitrogens with zero attached hydrogens (tertiary/aromatic N) is 1. The number of benzene rings is 2. The number of hydrogen-bond acceptors (Lipinski definition) is 7. The zero-order valence-corrected chi connectivity index (χ0v) is 20.0. The first-order valence-corrected chi connectivity index (χ1v) is 13.4. The topological polar surface area (TPSA) is 127 Å². The Morgan fingerprint density at radius 3 is 2.18 bits per heavy atom. The van der Waals surface area contributed by atoms with Crippen molar-refractivity contribution < 1.29 is 31.2 Å². The first-order chi connectivity index (χ1) is 15.5. The highest BCUT2D eigenvalue weighted by Gasteiger charge is 2.27. The first-order valence-electron chi connectivity index (χ1n) is 10.4. The molecule has 1 N–H and O–H groups in total. The molecule has 1 aliphatic heterocycles. The van der Waals surface area contributed by atoms with Crippen LogP contribution in [0, 0.1) is 0 Å². The molecule has 0 atom stereocenters. The van der Waals surface area contributed by atoms with E-state index in [1.165, 1.54) is 52.8 Å². The van der Waals surface area contributed by atoms with Crippen LogP contribution in [0.25, 0.3) is 0 Å². The molecule has 0 unspecified atom stereocenters. The van der Waals surface area contributed by atoms with Crippen LogP contribution in [0.15, 0.2) is 58.3 Å². The van der Waals surface area contributed by atoms with Gasteiger partial charge in [0.05, 0.1) is 15.4 Å². The summed E-state index contributed by atoms with van der Waals surface area (Å²) < 4.78 is 58.6. The second-order valence-electron chi connectivity index (χ2n) is 7.94. The smallest absolute Gasteiger partial charge is 0.338 e. The van der Waals surface area contributed by atoms with E-state index in [1.54, 1.807) is 13.8 Å². The van der Waals surface area contributed by atoms with Crippen LogP contribution < -0.4 is 4.72 Å². The highest BCUT2D eigenvalue weighted by atomic mass is 32.2. The van der Waals surface area contributed by atoms with Gasteiger partial charge in [-0.25, -0.2) is 26.4 Å². The first kappa shape index (κ1) is 25.0. The van der Waals surface area contributed by atoms with E-state index in [2.05, 4.69) is 4.72 Å². The van der Waals surface area contributed by atoms with E-state index in [9.17, 15) is 26.4 Å². The molecule has 11 heteroatoms. The van der Waals surface area contributed by atoms with Crippen LogP contribution in [0.2, 0.25) is 0 Å². The van der Waals surface area contributed by atoms with Crippen molar-refractivity contribution in [2.24, 2.45) is 0 Å². The number of hydrogen-bond donors (Lipinski definition) is 1. The maximum atomic E-state index is 12.6. The predicted octanol–water partition coefficient (Wildman–Crippen LogP) is 2.20. The molecule has 0 aliphatic carbocycles. The van der Waals surface area contributed by atoms with Gasteiger partial charge in [-0.2, -0.15) is 4.31 Å². The SMILES string of the molecule is CC(C)NS(=O)(=O)c1cccc(C(=O)OCC(=O)c2ccc(S(=O)(=O)N3CCCC3)cc2)c1. The molecule has 33 heavy (non-hydrogen) atoms. The normalized spacial score (nSPS) is 15.0. The molecule has 1 aliphatic rings. The molecule has 0 saturated carbocycles. The van der Waals surface area contributed by atoms with Crippen LogP contribution in [0.1, 0.15) is 47.4 Å². The fourth-order valence-corrected chi connectivity index (χ4v) is 6.17. The van der Waals surface area contributed by atoms with Crippen molar-refractivity contribution in [3.8, 4) is 0 Å². The predicted molar refractivity (Wildman–Crippen MR) is 121 cm³/mol. The van der Waals surface area contributed by atoms with Gasteiger partial charge >= 0.3 is 5.97 Å². The highest BCUT2D eigenvalue weighted by molar-refractivity contribution is 7.89. The number of carbonyl (C=O) groups is 2. The summed E-state index contributed by atoms with van der Waals surface area (Å²) in [5.74, 6) is -1.36. The largest absolute Gasteiger partial charge is 0.454 e. The molecule has 0 aromatic heterocycles. The van der Waals surface area contributed by atoms with E-state index in [1.807, 2.05) is 0 Å². The lowest BCUT2D eigenvalue weighted by Gasteiger charge is -2.15. The summed E-state index contributed by atoms with van der Waals surface area (Å²) in [5.41, 5.74) is 0.183. The van der Waals surface area contributed by atoms with Crippen LogP contribution in [-0.2, 0) is 24.8 Å². The molecular weight excluding hydrogens is 468 g/mol. The van der Waals surface area contributed by atoms with Crippen molar-refractivity contribution in [3.63, 3.8) is 0 Å². The molecule has 178 valence electrons. The lowest BCUT2D eigenvalue weighted by molar-refractivity contribution is 0.0474. The van der Waals surface area contributed by atoms with E-state index in [-0.39, 0.29) is 27.0 Å². The fraction of sp³-hybridized carbons (Fsp3) is 0.364. The Morgan fingerprint density at radius 1 is 0.939 bits per heavy atom. The minimum Gasteiger partial charge on any atom is -0.454 e. The average Bonchev–Trinajstić information content (AvgIpc) is 3.32. The Hall–Kier alpha value is -2.60. The molecule has 3 rings (SSSR count). The summed E-state index contributed by atoms with van der Waals surface area (Å²) in [6.45, 7) is 3.74. The number of Topliss-reactive ketones (excluding diaryl/α,β-unsaturated/α-hetero) is 1. The summed E-state index contributed by atoms with van der Waals surface area (Å²) in [5, 5.41) is 0. The number of ketones is 1. The van der Waals surface area contributed by atoms with Gasteiger partial charge in [0.1, 0.15) is 0 Å². The van der Waals surface area contributed by atoms with Crippen molar-refractivity contribution in [2.45, 2.75) is 42.5 Å². The van der Waals surface area contributed by atoms with E-state index in [0.717, 1.165) is 12.8 Å². The van der Waals surface area contributed by atoms with E-state index in [4.69, 9.17) is 4.74 Å². The Kier molecular flexibility index (Phi) is 7.68. The Bertz CT molecular complexity index is 1230. The van der Waals surface area contributed by atoms with Crippen molar-refractivity contribution in [3.05, 3.63) is 59.7 Å². The van der Waals surface area contributed by atoms with Crippen LogP contribution >= 0.6 is 0 Å². The number of nitrogens with one attached hydrogen (secondary N) is 1. The minimum atomic E-state index is -3.79. The molecular formula is C22H26N2O7S2. The summed E-state index contributed by atoms with van der Waals surface area (Å²) in [4.78, 5) is 24.8. The van der Waals surface area contributed by atoms with Crippen LogP contribution in [-0.4, -0.2) is 58.6 Å². The number of carbonyl (C=O) groups excluding carboxylic acids is 2. The van der Waals surface area contributed by atoms with Gasteiger partial charge in [-0.15, -0.1) is 0 Å². The third kappa shape index (κ3) is 6.05. The van der Waals surface area contributed by atoms with Gasteiger partial charge in [0.25, 0.3) is 0 Å². The van der Waals surface area contributed by atoms with Gasteiger partial charge in [0, 0.05) is 24.7 Å². The molecule has 0 radical (unpaired) electrons. The molecule has 1 heterocycles. The number of rotatable bonds is 9. The monoisotopic (exact) mass is 494 g/mol. The summed E-state index contributed by atoms with van der Waals surface area (Å²) in [6.07, 6.45) is 1.65. The van der Waals surface area contributed by atoms with Gasteiger partial charge in [0.15, 0.2) is 12.4 Å². The standard InChI is InChI=1S/C22H26N2O7S2/c1-16(2)23-32(27,28)20-7-5-6-18(14-20)22(26)31-15-21(25)17-8-10-19(11-9-17)33(29,30)24-12-3-4-13-24/h5-11,14,16,23H,3-4,12-13,15H2,1-2H3. The second kappa shape index (κ2) is 10.1. The average molecular weight is 495 g/mol. The van der Waals surface area contributed by atoms with Crippen molar-refractivity contribution >= 4 is 31.8 Å². The summed E-state index contributed by atoms with van der Waals surface area (Å²) in [6, 6.07) is 10.5. The van der Waals surface area contributed by atoms with E-state index in [0.29, 0.717) is 13.1 Å². The van der Waals surface area contributed by atoms with Gasteiger partial charge in [-0.3, -0.25) is 4.79 Å². The van der Waals surface area contributed by atoms with Crippen molar-refractivity contribution in [1.82, 2.24) is 9.03 Å². The quantitative estimate of drug-likeness (QED) is 0.418. The molecule has 0 bridgehead atoms. The van der Waals surface area contributed by atoms with Gasteiger partial charge in [0.2, 0.25) is 20.0 Å². The van der Waals surface area contributed by atoms with Crippen molar-refractivity contribution in [1.29, 1.82) is 0 Å². The van der Waals surface area contributed by atoms with Gasteiger partial charge in [-0.05, 0) is 69.2 Å². The maximum absolute atomic E-state index is 12.6. The third-order valence-electron chi connectivity index (χ3n) is 4.98. The molecule has 1 fully saturated rings. The lowest BCUT2D eigenvalue weighted by atomic mass is 10.1. The molecule has 0 spiro atoms. The molecule has 0 amide bonds. The van der Waals surface area contributed by atoms with Crippen LogP contribution in [0.3, 0.4) is 0 Å². The Labute approximate surface area is 193 Å². The van der Waals surface area contributed by atoms with Crippen LogP contribution in [0.4, 0.5) is 0 Å². The second-order valence-corrected chi connectivity index (χ2v) is 11.6. The number of esters is 1.